The summed E-state index contributed by atoms with van der Waals surface area (Å²) in [6, 6.07) is 0. The lowest BCUT2D eigenvalue weighted by molar-refractivity contribution is -0.142. The van der Waals surface area contributed by atoms with E-state index in [-0.39, 0.29) is 36.6 Å². The third-order valence-electron chi connectivity index (χ3n) is 4.18. The molecule has 0 aromatic heterocycles. The minimum atomic E-state index is -0.889. The van der Waals surface area contributed by atoms with E-state index in [1.807, 2.05) is 0 Å². The van der Waals surface area contributed by atoms with Gasteiger partial charge >= 0.3 is 5.97 Å². The number of amides is 2. The van der Waals surface area contributed by atoms with Gasteiger partial charge in [-0.05, 0) is 25.2 Å². The monoisotopic (exact) mass is 253 g/mol. The minimum Gasteiger partial charge on any atom is -0.481 e. The topological polar surface area (TPSA) is 74.7 Å². The standard InChI is InChI=1S/C13H19NO4/c1-2-8-6-9-10(7-8)13(18)14(12(9)17)5-3-4-11(15)16/h8-10H,2-7H2,1H3,(H,15,16). The van der Waals surface area contributed by atoms with E-state index in [2.05, 4.69) is 6.92 Å². The zero-order valence-corrected chi connectivity index (χ0v) is 10.6. The molecule has 1 aliphatic heterocycles. The van der Waals surface area contributed by atoms with E-state index in [0.29, 0.717) is 12.3 Å². The van der Waals surface area contributed by atoms with Crippen LogP contribution in [0.5, 0.6) is 0 Å². The predicted octanol–water partition coefficient (Wildman–Crippen LogP) is 1.27. The maximum absolute atomic E-state index is 12.1. The van der Waals surface area contributed by atoms with Crippen LogP contribution in [0, 0.1) is 17.8 Å². The average Bonchev–Trinajstić information content (AvgIpc) is 2.84. The molecule has 5 heteroatoms. The quantitative estimate of drug-likeness (QED) is 0.749. The number of carboxylic acid groups (broad SMARTS) is 1. The molecule has 0 aromatic rings. The second-order valence-corrected chi connectivity index (χ2v) is 5.28. The molecule has 2 fully saturated rings. The van der Waals surface area contributed by atoms with Gasteiger partial charge in [0.05, 0.1) is 11.8 Å². The Morgan fingerprint density at radius 2 is 1.83 bits per heavy atom. The summed E-state index contributed by atoms with van der Waals surface area (Å²) in [5.74, 6) is -0.813. The molecule has 1 saturated heterocycles. The molecule has 2 aliphatic rings. The number of fused-ring (bicyclic) bond motifs is 1. The lowest BCUT2D eigenvalue weighted by Crippen LogP contribution is -2.33. The summed E-state index contributed by atoms with van der Waals surface area (Å²) in [5.41, 5.74) is 0. The Morgan fingerprint density at radius 1 is 1.28 bits per heavy atom. The Bertz CT molecular complexity index is 355. The Kier molecular flexibility index (Phi) is 3.68. The maximum Gasteiger partial charge on any atom is 0.303 e. The van der Waals surface area contributed by atoms with Crippen molar-refractivity contribution < 1.29 is 19.5 Å². The first-order chi connectivity index (χ1) is 8.54. The van der Waals surface area contributed by atoms with Gasteiger partial charge in [0, 0.05) is 13.0 Å². The number of carboxylic acids is 1. The second kappa shape index (κ2) is 5.08. The van der Waals surface area contributed by atoms with Crippen molar-refractivity contribution in [1.82, 2.24) is 4.90 Å². The molecule has 2 atom stereocenters. The summed E-state index contributed by atoms with van der Waals surface area (Å²) in [4.78, 5) is 35.9. The van der Waals surface area contributed by atoms with Gasteiger partial charge in [-0.1, -0.05) is 13.3 Å². The lowest BCUT2D eigenvalue weighted by Gasteiger charge is -2.16. The lowest BCUT2D eigenvalue weighted by atomic mass is 10.00. The fraction of sp³-hybridized carbons (Fsp3) is 0.769. The molecule has 1 N–H and O–H groups in total. The molecule has 5 nitrogen and oxygen atoms in total. The van der Waals surface area contributed by atoms with Crippen molar-refractivity contribution >= 4 is 17.8 Å². The van der Waals surface area contributed by atoms with E-state index < -0.39 is 5.97 Å². The highest BCUT2D eigenvalue weighted by molar-refractivity contribution is 6.05. The fourth-order valence-corrected chi connectivity index (χ4v) is 3.14. The second-order valence-electron chi connectivity index (χ2n) is 5.28. The summed E-state index contributed by atoms with van der Waals surface area (Å²) in [6.45, 7) is 2.35. The summed E-state index contributed by atoms with van der Waals surface area (Å²) in [6.07, 6.45) is 3.02. The molecule has 1 saturated carbocycles. The molecule has 2 amide bonds. The van der Waals surface area contributed by atoms with Crippen molar-refractivity contribution in [2.45, 2.75) is 39.0 Å². The molecule has 1 aliphatic carbocycles. The van der Waals surface area contributed by atoms with Crippen LogP contribution >= 0.6 is 0 Å². The van der Waals surface area contributed by atoms with E-state index >= 15 is 0 Å². The summed E-state index contributed by atoms with van der Waals surface area (Å²) in [5, 5.41) is 8.56. The van der Waals surface area contributed by atoms with Gasteiger partial charge in [0.15, 0.2) is 0 Å². The zero-order valence-electron chi connectivity index (χ0n) is 10.6. The van der Waals surface area contributed by atoms with E-state index in [4.69, 9.17) is 5.11 Å². The Hall–Kier alpha value is -1.39. The number of aliphatic carboxylic acids is 1. The largest absolute Gasteiger partial charge is 0.481 e. The first kappa shape index (κ1) is 13.1. The van der Waals surface area contributed by atoms with Crippen molar-refractivity contribution in [2.75, 3.05) is 6.54 Å². The van der Waals surface area contributed by atoms with Crippen LogP contribution in [0.15, 0.2) is 0 Å². The number of imide groups is 1. The molecule has 1 heterocycles. The Labute approximate surface area is 106 Å². The first-order valence-electron chi connectivity index (χ1n) is 6.61. The molecule has 0 aromatic carbocycles. The van der Waals surface area contributed by atoms with Gasteiger partial charge in [-0.25, -0.2) is 0 Å². The number of hydrogen-bond donors (Lipinski definition) is 1. The Morgan fingerprint density at radius 3 is 2.28 bits per heavy atom. The van der Waals surface area contributed by atoms with Crippen LogP contribution in [0.2, 0.25) is 0 Å². The summed E-state index contributed by atoms with van der Waals surface area (Å²) >= 11 is 0. The number of likely N-dealkylation sites (tertiary alicyclic amines) is 1. The smallest absolute Gasteiger partial charge is 0.303 e. The number of nitrogens with zero attached hydrogens (tertiary/aromatic N) is 1. The number of hydrogen-bond acceptors (Lipinski definition) is 3. The molecule has 2 rings (SSSR count). The molecule has 0 radical (unpaired) electrons. The number of carbonyl (C=O) groups excluding carboxylic acids is 2. The van der Waals surface area contributed by atoms with E-state index in [9.17, 15) is 14.4 Å². The minimum absolute atomic E-state index is 0.00395. The molecule has 0 spiro atoms. The fourth-order valence-electron chi connectivity index (χ4n) is 3.14. The van der Waals surface area contributed by atoms with Crippen molar-refractivity contribution in [3.05, 3.63) is 0 Å². The van der Waals surface area contributed by atoms with Crippen molar-refractivity contribution in [3.8, 4) is 0 Å². The molecule has 0 bridgehead atoms. The zero-order chi connectivity index (χ0) is 13.3. The number of carbonyl (C=O) groups is 3. The molecule has 100 valence electrons. The van der Waals surface area contributed by atoms with Gasteiger partial charge in [-0.2, -0.15) is 0 Å². The highest BCUT2D eigenvalue weighted by Crippen LogP contribution is 2.44. The van der Waals surface area contributed by atoms with E-state index in [0.717, 1.165) is 19.3 Å². The van der Waals surface area contributed by atoms with Gasteiger partial charge in [-0.15, -0.1) is 0 Å². The SMILES string of the molecule is CCC1CC2C(=O)N(CCCC(=O)O)C(=O)C2C1. The van der Waals surface area contributed by atoms with E-state index in [1.165, 1.54) is 4.90 Å². The number of rotatable bonds is 5. The van der Waals surface area contributed by atoms with Crippen LogP contribution < -0.4 is 0 Å². The highest BCUT2D eigenvalue weighted by atomic mass is 16.4. The average molecular weight is 253 g/mol. The van der Waals surface area contributed by atoms with Gasteiger partial charge < -0.3 is 5.11 Å². The molecule has 18 heavy (non-hydrogen) atoms. The van der Waals surface area contributed by atoms with Crippen LogP contribution in [0.25, 0.3) is 0 Å². The van der Waals surface area contributed by atoms with Crippen LogP contribution in [0.3, 0.4) is 0 Å². The molecular weight excluding hydrogens is 234 g/mol. The van der Waals surface area contributed by atoms with Gasteiger partial charge in [0.25, 0.3) is 0 Å². The van der Waals surface area contributed by atoms with Crippen LogP contribution in [0.4, 0.5) is 0 Å². The third-order valence-corrected chi connectivity index (χ3v) is 4.18. The van der Waals surface area contributed by atoms with E-state index in [1.54, 1.807) is 0 Å². The molecule has 2 unspecified atom stereocenters. The van der Waals surface area contributed by atoms with Gasteiger partial charge in [0.2, 0.25) is 11.8 Å². The third kappa shape index (κ3) is 2.26. The predicted molar refractivity (Wildman–Crippen MR) is 63.6 cm³/mol. The summed E-state index contributed by atoms with van der Waals surface area (Å²) < 4.78 is 0. The normalized spacial score (nSPS) is 30.9. The molecular formula is C13H19NO4. The van der Waals surface area contributed by atoms with Crippen molar-refractivity contribution in [1.29, 1.82) is 0 Å². The van der Waals surface area contributed by atoms with Crippen LogP contribution in [-0.2, 0) is 14.4 Å². The van der Waals surface area contributed by atoms with Crippen molar-refractivity contribution in [3.63, 3.8) is 0 Å². The maximum atomic E-state index is 12.1. The first-order valence-corrected chi connectivity index (χ1v) is 6.61. The van der Waals surface area contributed by atoms with Gasteiger partial charge in [-0.3, -0.25) is 19.3 Å². The van der Waals surface area contributed by atoms with Crippen LogP contribution in [0.1, 0.15) is 39.0 Å². The van der Waals surface area contributed by atoms with Crippen molar-refractivity contribution in [2.24, 2.45) is 17.8 Å². The van der Waals surface area contributed by atoms with Crippen LogP contribution in [-0.4, -0.2) is 34.3 Å². The van der Waals surface area contributed by atoms with Gasteiger partial charge in [0.1, 0.15) is 0 Å². The highest BCUT2D eigenvalue weighted by Gasteiger charge is 2.51. The summed E-state index contributed by atoms with van der Waals surface area (Å²) in [7, 11) is 0. The Balaban J connectivity index is 1.94.